The van der Waals surface area contributed by atoms with Crippen molar-refractivity contribution >= 4 is 12.0 Å². The predicted octanol–water partition coefficient (Wildman–Crippen LogP) is 2.27. The van der Waals surface area contributed by atoms with Crippen molar-refractivity contribution in [3.8, 4) is 5.75 Å². The van der Waals surface area contributed by atoms with E-state index in [1.165, 1.54) is 12.1 Å². The van der Waals surface area contributed by atoms with Crippen LogP contribution in [0, 0.1) is 11.7 Å². The van der Waals surface area contributed by atoms with Gasteiger partial charge in [-0.3, -0.25) is 4.79 Å². The molecule has 1 aromatic carbocycles. The maximum atomic E-state index is 13.2. The molecule has 22 heavy (non-hydrogen) atoms. The first-order valence-corrected chi connectivity index (χ1v) is 7.71. The Labute approximate surface area is 129 Å². The minimum Gasteiger partial charge on any atom is -0.488 e. The molecule has 118 valence electrons. The number of aliphatic hydroxyl groups excluding tert-OH is 1. The second-order valence-corrected chi connectivity index (χ2v) is 6.04. The normalized spacial score (nSPS) is 24.0. The zero-order chi connectivity index (χ0) is 15.5. The zero-order valence-corrected chi connectivity index (χ0v) is 12.3. The Balaban J connectivity index is 1.61. The summed E-state index contributed by atoms with van der Waals surface area (Å²) in [4.78, 5) is 12.2. The molecule has 1 heterocycles. The third kappa shape index (κ3) is 3.47. The number of nitrogens with one attached hydrogen (secondary N) is 1. The predicted molar refractivity (Wildman–Crippen MR) is 80.8 cm³/mol. The lowest BCUT2D eigenvalue weighted by Gasteiger charge is -2.26. The van der Waals surface area contributed by atoms with Crippen LogP contribution in [0.15, 0.2) is 23.8 Å². The third-order valence-corrected chi connectivity index (χ3v) is 4.28. The van der Waals surface area contributed by atoms with Crippen molar-refractivity contribution in [2.45, 2.75) is 31.8 Å². The van der Waals surface area contributed by atoms with Gasteiger partial charge < -0.3 is 15.2 Å². The summed E-state index contributed by atoms with van der Waals surface area (Å²) >= 11 is 0. The molecule has 3 rings (SSSR count). The zero-order valence-electron chi connectivity index (χ0n) is 12.3. The van der Waals surface area contributed by atoms with Gasteiger partial charge in [0.05, 0.1) is 11.7 Å². The van der Waals surface area contributed by atoms with E-state index in [9.17, 15) is 14.3 Å². The van der Waals surface area contributed by atoms with Gasteiger partial charge in [-0.05, 0) is 49.5 Å². The van der Waals surface area contributed by atoms with Crippen LogP contribution in [0.5, 0.6) is 5.75 Å². The number of carbonyl (C=O) groups excluding carboxylic acids is 1. The summed E-state index contributed by atoms with van der Waals surface area (Å²) in [5.74, 6) is 0.377. The van der Waals surface area contributed by atoms with Gasteiger partial charge in [0.25, 0.3) is 5.91 Å². The van der Waals surface area contributed by atoms with Crippen molar-refractivity contribution in [3.63, 3.8) is 0 Å². The van der Waals surface area contributed by atoms with Gasteiger partial charge in [0.15, 0.2) is 0 Å². The fourth-order valence-electron chi connectivity index (χ4n) is 3.08. The van der Waals surface area contributed by atoms with Crippen molar-refractivity contribution in [3.05, 3.63) is 35.2 Å². The van der Waals surface area contributed by atoms with E-state index in [1.54, 1.807) is 12.1 Å². The fraction of sp³-hybridized carbons (Fsp3) is 0.471. The third-order valence-electron chi connectivity index (χ3n) is 4.28. The lowest BCUT2D eigenvalue weighted by atomic mass is 9.87. The molecule has 2 aliphatic rings. The molecule has 1 amide bonds. The second-order valence-electron chi connectivity index (χ2n) is 6.04. The van der Waals surface area contributed by atoms with E-state index in [1.807, 2.05) is 0 Å². The molecule has 1 aromatic rings. The van der Waals surface area contributed by atoms with Crippen LogP contribution in [0.1, 0.15) is 31.2 Å². The molecule has 2 unspecified atom stereocenters. The second kappa shape index (κ2) is 6.48. The highest BCUT2D eigenvalue weighted by atomic mass is 19.1. The molecule has 0 spiro atoms. The summed E-state index contributed by atoms with van der Waals surface area (Å²) in [6.45, 7) is 0.751. The Kier molecular flexibility index (Phi) is 4.43. The molecule has 2 N–H and O–H groups in total. The number of fused-ring (bicyclic) bond motifs is 1. The maximum absolute atomic E-state index is 13.2. The Morgan fingerprint density at radius 3 is 3.09 bits per heavy atom. The molecule has 0 bridgehead atoms. The van der Waals surface area contributed by atoms with Crippen LogP contribution in [0.3, 0.4) is 0 Å². The van der Waals surface area contributed by atoms with E-state index in [4.69, 9.17) is 4.74 Å². The lowest BCUT2D eigenvalue weighted by molar-refractivity contribution is -0.118. The Morgan fingerprint density at radius 1 is 1.41 bits per heavy atom. The van der Waals surface area contributed by atoms with Crippen molar-refractivity contribution in [2.24, 2.45) is 5.92 Å². The van der Waals surface area contributed by atoms with E-state index in [0.717, 1.165) is 25.7 Å². The first-order chi connectivity index (χ1) is 10.6. The molecule has 1 fully saturated rings. The van der Waals surface area contributed by atoms with Gasteiger partial charge in [-0.25, -0.2) is 4.39 Å². The van der Waals surface area contributed by atoms with Gasteiger partial charge in [-0.15, -0.1) is 0 Å². The van der Waals surface area contributed by atoms with Crippen LogP contribution in [0.2, 0.25) is 0 Å². The molecule has 0 saturated heterocycles. The SMILES string of the molecule is O=C(NCC1CCCC(O)C1)C1=Cc2cc(F)ccc2OC1. The maximum Gasteiger partial charge on any atom is 0.250 e. The largest absolute Gasteiger partial charge is 0.488 e. The summed E-state index contributed by atoms with van der Waals surface area (Å²) in [5.41, 5.74) is 1.08. The van der Waals surface area contributed by atoms with Crippen molar-refractivity contribution in [1.82, 2.24) is 5.32 Å². The van der Waals surface area contributed by atoms with E-state index < -0.39 is 0 Å². The highest BCUT2D eigenvalue weighted by Crippen LogP contribution is 2.27. The van der Waals surface area contributed by atoms with Crippen LogP contribution in [0.25, 0.3) is 6.08 Å². The first kappa shape index (κ1) is 15.0. The molecular formula is C17H20FNO3. The smallest absolute Gasteiger partial charge is 0.250 e. The van der Waals surface area contributed by atoms with Crippen LogP contribution >= 0.6 is 0 Å². The summed E-state index contributed by atoms with van der Waals surface area (Å²) in [6.07, 6.45) is 5.05. The average Bonchev–Trinajstić information content (AvgIpc) is 2.52. The molecule has 0 aromatic heterocycles. The summed E-state index contributed by atoms with van der Waals surface area (Å²) in [5, 5.41) is 12.5. The number of halogens is 1. The molecule has 5 heteroatoms. The number of rotatable bonds is 3. The number of benzene rings is 1. The van der Waals surface area contributed by atoms with Gasteiger partial charge in [0.2, 0.25) is 0 Å². The van der Waals surface area contributed by atoms with Gasteiger partial charge in [0.1, 0.15) is 18.2 Å². The number of carbonyl (C=O) groups is 1. The molecule has 1 aliphatic heterocycles. The standard InChI is InChI=1S/C17H20FNO3/c18-14-4-5-16-12(8-14)7-13(10-22-16)17(21)19-9-11-2-1-3-15(20)6-11/h4-5,7-8,11,15,20H,1-3,6,9-10H2,(H,19,21). The Morgan fingerprint density at radius 2 is 2.27 bits per heavy atom. The molecular weight excluding hydrogens is 285 g/mol. The van der Waals surface area contributed by atoms with Gasteiger partial charge in [0, 0.05) is 12.1 Å². The van der Waals surface area contributed by atoms with E-state index in [2.05, 4.69) is 5.32 Å². The van der Waals surface area contributed by atoms with Crippen molar-refractivity contribution < 1.29 is 19.0 Å². The van der Waals surface area contributed by atoms with Gasteiger partial charge in [-0.2, -0.15) is 0 Å². The first-order valence-electron chi connectivity index (χ1n) is 7.71. The molecule has 2 atom stereocenters. The van der Waals surface area contributed by atoms with E-state index in [0.29, 0.717) is 29.3 Å². The molecule has 4 nitrogen and oxygen atoms in total. The van der Waals surface area contributed by atoms with E-state index >= 15 is 0 Å². The summed E-state index contributed by atoms with van der Waals surface area (Å²) in [6, 6.07) is 4.27. The van der Waals surface area contributed by atoms with Crippen LogP contribution in [-0.2, 0) is 4.79 Å². The van der Waals surface area contributed by atoms with Gasteiger partial charge >= 0.3 is 0 Å². The van der Waals surface area contributed by atoms with Crippen LogP contribution in [-0.4, -0.2) is 30.3 Å². The molecule has 1 aliphatic carbocycles. The average molecular weight is 305 g/mol. The topological polar surface area (TPSA) is 58.6 Å². The monoisotopic (exact) mass is 305 g/mol. The highest BCUT2D eigenvalue weighted by Gasteiger charge is 2.22. The summed E-state index contributed by atoms with van der Waals surface area (Å²) < 4.78 is 18.7. The molecule has 0 radical (unpaired) electrons. The fourth-order valence-corrected chi connectivity index (χ4v) is 3.08. The number of hydrogen-bond donors (Lipinski definition) is 2. The number of aliphatic hydroxyl groups is 1. The lowest BCUT2D eigenvalue weighted by Crippen LogP contribution is -2.35. The number of amides is 1. The van der Waals surface area contributed by atoms with Crippen molar-refractivity contribution in [2.75, 3.05) is 13.2 Å². The molecule has 1 saturated carbocycles. The number of ether oxygens (including phenoxy) is 1. The van der Waals surface area contributed by atoms with Crippen molar-refractivity contribution in [1.29, 1.82) is 0 Å². The Hall–Kier alpha value is -1.88. The summed E-state index contributed by atoms with van der Waals surface area (Å²) in [7, 11) is 0. The minimum atomic E-state index is -0.351. The van der Waals surface area contributed by atoms with Crippen LogP contribution < -0.4 is 10.1 Å². The quantitative estimate of drug-likeness (QED) is 0.900. The number of hydrogen-bond acceptors (Lipinski definition) is 3. The highest BCUT2D eigenvalue weighted by molar-refractivity contribution is 5.99. The van der Waals surface area contributed by atoms with Gasteiger partial charge in [-0.1, -0.05) is 6.42 Å². The Bertz CT molecular complexity index is 600. The van der Waals surface area contributed by atoms with E-state index in [-0.39, 0.29) is 24.4 Å². The van der Waals surface area contributed by atoms with Crippen LogP contribution in [0.4, 0.5) is 4.39 Å². The minimum absolute atomic E-state index is 0.185.